The number of aromatic amines is 1. The average molecular weight is 250 g/mol. The van der Waals surface area contributed by atoms with Crippen molar-refractivity contribution in [1.82, 2.24) is 20.5 Å². The maximum atomic E-state index is 11.2. The first kappa shape index (κ1) is 11.9. The van der Waals surface area contributed by atoms with Crippen molar-refractivity contribution in [3.8, 4) is 10.7 Å². The van der Waals surface area contributed by atoms with E-state index in [1.54, 1.807) is 6.07 Å². The number of nitrogens with one attached hydrogen (secondary N) is 2. The van der Waals surface area contributed by atoms with Gasteiger partial charge < -0.3 is 10.3 Å². The van der Waals surface area contributed by atoms with Crippen LogP contribution in [-0.4, -0.2) is 28.8 Å². The smallest absolute Gasteiger partial charge is 0.248 e. The number of H-pyrrole nitrogens is 1. The summed E-state index contributed by atoms with van der Waals surface area (Å²) in [6.07, 6.45) is 1.95. The lowest BCUT2D eigenvalue weighted by molar-refractivity contribution is 0.718. The minimum atomic E-state index is -0.116. The summed E-state index contributed by atoms with van der Waals surface area (Å²) in [5.41, 5.74) is 0.615. The number of nitrogens with zero attached hydrogens (tertiary/aromatic N) is 2. The monoisotopic (exact) mass is 250 g/mol. The highest BCUT2D eigenvalue weighted by Gasteiger charge is 2.06. The van der Waals surface area contributed by atoms with Crippen LogP contribution in [0.25, 0.3) is 10.7 Å². The van der Waals surface area contributed by atoms with Gasteiger partial charge in [-0.05, 0) is 26.1 Å². The number of hydrogen-bond acceptors (Lipinski definition) is 5. The first-order valence-electron chi connectivity index (χ1n) is 5.46. The van der Waals surface area contributed by atoms with Crippen molar-refractivity contribution in [2.24, 2.45) is 0 Å². The molecule has 2 aromatic rings. The first-order valence-corrected chi connectivity index (χ1v) is 6.28. The second-order valence-corrected chi connectivity index (χ2v) is 4.70. The molecule has 5 nitrogen and oxygen atoms in total. The highest BCUT2D eigenvalue weighted by Crippen LogP contribution is 2.20. The van der Waals surface area contributed by atoms with E-state index in [9.17, 15) is 4.79 Å². The Labute approximate surface area is 103 Å². The Hall–Kier alpha value is -1.53. The predicted molar refractivity (Wildman–Crippen MR) is 68.2 cm³/mol. The van der Waals surface area contributed by atoms with E-state index >= 15 is 0 Å². The van der Waals surface area contributed by atoms with Crippen molar-refractivity contribution in [2.45, 2.75) is 12.8 Å². The number of pyridine rings is 1. The van der Waals surface area contributed by atoms with Gasteiger partial charge in [0.2, 0.25) is 5.56 Å². The lowest BCUT2D eigenvalue weighted by Gasteiger charge is -1.94. The molecule has 17 heavy (non-hydrogen) atoms. The largest absolute Gasteiger partial charge is 0.320 e. The summed E-state index contributed by atoms with van der Waals surface area (Å²) in [6.45, 7) is 0.969. The molecule has 2 N–H and O–H groups in total. The molecular weight excluding hydrogens is 236 g/mol. The zero-order valence-corrected chi connectivity index (χ0v) is 10.4. The van der Waals surface area contributed by atoms with Gasteiger partial charge in [0.05, 0.1) is 5.69 Å². The van der Waals surface area contributed by atoms with Crippen LogP contribution in [0, 0.1) is 0 Å². The van der Waals surface area contributed by atoms with Crippen LogP contribution in [-0.2, 0) is 6.42 Å². The van der Waals surface area contributed by atoms with E-state index in [0.29, 0.717) is 0 Å². The third kappa shape index (κ3) is 3.21. The van der Waals surface area contributed by atoms with E-state index in [4.69, 9.17) is 0 Å². The molecule has 0 aromatic carbocycles. The van der Waals surface area contributed by atoms with E-state index < -0.39 is 0 Å². The van der Waals surface area contributed by atoms with Crippen LogP contribution in [0.1, 0.15) is 11.4 Å². The van der Waals surface area contributed by atoms with Crippen LogP contribution in [0.2, 0.25) is 0 Å². The molecule has 90 valence electrons. The molecule has 0 fully saturated rings. The summed E-state index contributed by atoms with van der Waals surface area (Å²) in [4.78, 5) is 13.9. The molecule has 0 bridgehead atoms. The van der Waals surface area contributed by atoms with Gasteiger partial charge in [0.25, 0.3) is 0 Å². The lowest BCUT2D eigenvalue weighted by atomic mass is 10.3. The molecule has 0 amide bonds. The maximum Gasteiger partial charge on any atom is 0.248 e. The molecule has 0 unspecified atom stereocenters. The Morgan fingerprint density at radius 1 is 1.41 bits per heavy atom. The van der Waals surface area contributed by atoms with Crippen LogP contribution in [0.15, 0.2) is 23.0 Å². The van der Waals surface area contributed by atoms with E-state index in [0.717, 1.165) is 35.1 Å². The quantitative estimate of drug-likeness (QED) is 0.778. The van der Waals surface area contributed by atoms with Gasteiger partial charge in [0.1, 0.15) is 5.01 Å². The van der Waals surface area contributed by atoms with E-state index in [2.05, 4.69) is 20.5 Å². The molecule has 0 aliphatic heterocycles. The predicted octanol–water partition coefficient (Wildman–Crippen LogP) is 1.05. The summed E-state index contributed by atoms with van der Waals surface area (Å²) in [5, 5.41) is 13.1. The van der Waals surface area contributed by atoms with Gasteiger partial charge in [0.15, 0.2) is 5.01 Å². The fourth-order valence-corrected chi connectivity index (χ4v) is 2.31. The standard InChI is InChI=1S/C11H14N4OS/c1-12-7-3-6-10-14-15-11(17-10)8-4-2-5-9(16)13-8/h2,4-5,12H,3,6-7H2,1H3,(H,13,16). The highest BCUT2D eigenvalue weighted by atomic mass is 32.1. The van der Waals surface area contributed by atoms with Gasteiger partial charge in [0, 0.05) is 12.5 Å². The van der Waals surface area contributed by atoms with E-state index in [-0.39, 0.29) is 5.56 Å². The SMILES string of the molecule is CNCCCc1nnc(-c2cccc(=O)[nH]2)s1. The summed E-state index contributed by atoms with van der Waals surface area (Å²) >= 11 is 1.52. The van der Waals surface area contributed by atoms with E-state index in [1.165, 1.54) is 17.4 Å². The molecule has 0 radical (unpaired) electrons. The topological polar surface area (TPSA) is 70.7 Å². The third-order valence-corrected chi connectivity index (χ3v) is 3.30. The fourth-order valence-electron chi connectivity index (χ4n) is 1.45. The number of aromatic nitrogens is 3. The van der Waals surface area contributed by atoms with Crippen molar-refractivity contribution >= 4 is 11.3 Å². The number of aryl methyl sites for hydroxylation is 1. The molecule has 0 aliphatic carbocycles. The molecular formula is C11H14N4OS. The van der Waals surface area contributed by atoms with Gasteiger partial charge >= 0.3 is 0 Å². The van der Waals surface area contributed by atoms with Gasteiger partial charge in [-0.15, -0.1) is 10.2 Å². The minimum absolute atomic E-state index is 0.116. The summed E-state index contributed by atoms with van der Waals surface area (Å²) in [7, 11) is 1.93. The number of rotatable bonds is 5. The Morgan fingerprint density at radius 2 is 2.29 bits per heavy atom. The van der Waals surface area contributed by atoms with Gasteiger partial charge in [-0.1, -0.05) is 17.4 Å². The molecule has 2 heterocycles. The maximum absolute atomic E-state index is 11.2. The zero-order valence-electron chi connectivity index (χ0n) is 9.56. The fraction of sp³-hybridized carbons (Fsp3) is 0.364. The second kappa shape index (κ2) is 5.70. The third-order valence-electron chi connectivity index (χ3n) is 2.28. The molecule has 6 heteroatoms. The average Bonchev–Trinajstić information content (AvgIpc) is 2.78. The van der Waals surface area contributed by atoms with Crippen LogP contribution < -0.4 is 10.9 Å². The van der Waals surface area contributed by atoms with Crippen molar-refractivity contribution in [3.63, 3.8) is 0 Å². The molecule has 0 saturated heterocycles. The highest BCUT2D eigenvalue weighted by molar-refractivity contribution is 7.14. The van der Waals surface area contributed by atoms with E-state index in [1.807, 2.05) is 13.1 Å². The Morgan fingerprint density at radius 3 is 3.06 bits per heavy atom. The second-order valence-electron chi connectivity index (χ2n) is 3.64. The van der Waals surface area contributed by atoms with Crippen LogP contribution in [0.4, 0.5) is 0 Å². The molecule has 0 aliphatic rings. The normalized spacial score (nSPS) is 10.6. The summed E-state index contributed by atoms with van der Waals surface area (Å²) in [6, 6.07) is 5.04. The van der Waals surface area contributed by atoms with Gasteiger partial charge in [-0.2, -0.15) is 0 Å². The minimum Gasteiger partial charge on any atom is -0.320 e. The van der Waals surface area contributed by atoms with Crippen molar-refractivity contribution in [3.05, 3.63) is 33.6 Å². The lowest BCUT2D eigenvalue weighted by Crippen LogP contribution is -2.08. The molecule has 0 spiro atoms. The zero-order chi connectivity index (χ0) is 12.1. The van der Waals surface area contributed by atoms with Crippen molar-refractivity contribution in [2.75, 3.05) is 13.6 Å². The first-order chi connectivity index (χ1) is 8.29. The molecule has 0 saturated carbocycles. The molecule has 2 rings (SSSR count). The molecule has 2 aromatic heterocycles. The van der Waals surface area contributed by atoms with Crippen LogP contribution in [0.3, 0.4) is 0 Å². The Kier molecular flexibility index (Phi) is 4.00. The van der Waals surface area contributed by atoms with Gasteiger partial charge in [-0.25, -0.2) is 0 Å². The van der Waals surface area contributed by atoms with Gasteiger partial charge in [-0.3, -0.25) is 4.79 Å². The Bertz CT molecular complexity index is 534. The van der Waals surface area contributed by atoms with Crippen LogP contribution >= 0.6 is 11.3 Å². The summed E-state index contributed by atoms with van der Waals surface area (Å²) < 4.78 is 0. The number of hydrogen-bond donors (Lipinski definition) is 2. The molecule has 0 atom stereocenters. The van der Waals surface area contributed by atoms with Crippen LogP contribution in [0.5, 0.6) is 0 Å². The Balaban J connectivity index is 2.10. The van der Waals surface area contributed by atoms with Crippen molar-refractivity contribution < 1.29 is 0 Å². The van der Waals surface area contributed by atoms with Crippen molar-refractivity contribution in [1.29, 1.82) is 0 Å². The summed E-state index contributed by atoms with van der Waals surface area (Å²) in [5.74, 6) is 0.